The number of hydrogen-bond donors (Lipinski definition) is 3. The molecule has 1 heterocycles. The lowest BCUT2D eigenvalue weighted by molar-refractivity contribution is -0.130. The summed E-state index contributed by atoms with van der Waals surface area (Å²) < 4.78 is 0. The highest BCUT2D eigenvalue weighted by molar-refractivity contribution is 5.90. The van der Waals surface area contributed by atoms with Crippen LogP contribution >= 0.6 is 0 Å². The molecule has 2 amide bonds. The fourth-order valence-electron chi connectivity index (χ4n) is 3.63. The first-order chi connectivity index (χ1) is 13.1. The third-order valence-electron chi connectivity index (χ3n) is 5.45. The van der Waals surface area contributed by atoms with Crippen molar-refractivity contribution in [2.75, 3.05) is 13.1 Å². The quantitative estimate of drug-likeness (QED) is 0.377. The van der Waals surface area contributed by atoms with Crippen LogP contribution < -0.4 is 16.0 Å². The van der Waals surface area contributed by atoms with E-state index in [0.29, 0.717) is 6.54 Å². The number of rotatable bonds is 15. The van der Waals surface area contributed by atoms with Crippen LogP contribution in [0.3, 0.4) is 0 Å². The minimum atomic E-state index is -0.442. The molecule has 1 rings (SSSR count). The molecule has 27 heavy (non-hydrogen) atoms. The molecule has 0 saturated carbocycles. The Kier molecular flexibility index (Phi) is 13.2. The Morgan fingerprint density at radius 1 is 0.963 bits per heavy atom. The van der Waals surface area contributed by atoms with Gasteiger partial charge in [0.1, 0.15) is 6.04 Å². The maximum Gasteiger partial charge on any atom is 0.242 e. The molecule has 0 aromatic carbocycles. The van der Waals surface area contributed by atoms with Crippen molar-refractivity contribution in [2.45, 2.75) is 110 Å². The van der Waals surface area contributed by atoms with Crippen molar-refractivity contribution in [3.63, 3.8) is 0 Å². The number of unbranched alkanes of at least 4 members (excludes halogenated alkanes) is 9. The molecule has 2 atom stereocenters. The Labute approximate surface area is 166 Å². The van der Waals surface area contributed by atoms with Gasteiger partial charge in [-0.1, -0.05) is 78.6 Å². The zero-order valence-electron chi connectivity index (χ0n) is 17.9. The molecular weight excluding hydrogens is 338 g/mol. The van der Waals surface area contributed by atoms with Crippen molar-refractivity contribution in [1.82, 2.24) is 16.0 Å². The van der Waals surface area contributed by atoms with E-state index >= 15 is 0 Å². The van der Waals surface area contributed by atoms with Crippen LogP contribution in [-0.4, -0.2) is 37.0 Å². The Morgan fingerprint density at radius 2 is 1.56 bits per heavy atom. The van der Waals surface area contributed by atoms with Crippen molar-refractivity contribution in [2.24, 2.45) is 5.92 Å². The van der Waals surface area contributed by atoms with Gasteiger partial charge in [0.05, 0.1) is 6.04 Å². The first-order valence-electron chi connectivity index (χ1n) is 11.4. The van der Waals surface area contributed by atoms with Gasteiger partial charge in [-0.25, -0.2) is 0 Å². The highest BCUT2D eigenvalue weighted by Gasteiger charge is 2.28. The smallest absolute Gasteiger partial charge is 0.242 e. The lowest BCUT2D eigenvalue weighted by Gasteiger charge is -2.23. The molecule has 5 nitrogen and oxygen atoms in total. The second kappa shape index (κ2) is 14.9. The summed E-state index contributed by atoms with van der Waals surface area (Å²) in [5.41, 5.74) is 0. The van der Waals surface area contributed by atoms with Crippen molar-refractivity contribution in [3.8, 4) is 0 Å². The second-order valence-electron chi connectivity index (χ2n) is 8.35. The summed E-state index contributed by atoms with van der Waals surface area (Å²) in [6.45, 7) is 7.80. The van der Waals surface area contributed by atoms with Gasteiger partial charge in [0.2, 0.25) is 11.8 Å². The van der Waals surface area contributed by atoms with Gasteiger partial charge in [0.15, 0.2) is 0 Å². The van der Waals surface area contributed by atoms with Crippen molar-refractivity contribution >= 4 is 11.8 Å². The molecule has 0 unspecified atom stereocenters. The van der Waals surface area contributed by atoms with E-state index in [1.54, 1.807) is 0 Å². The van der Waals surface area contributed by atoms with Crippen LogP contribution in [0, 0.1) is 5.92 Å². The van der Waals surface area contributed by atoms with E-state index in [0.717, 1.165) is 25.8 Å². The second-order valence-corrected chi connectivity index (χ2v) is 8.35. The van der Waals surface area contributed by atoms with Crippen LogP contribution in [0.25, 0.3) is 0 Å². The first kappa shape index (κ1) is 23.9. The summed E-state index contributed by atoms with van der Waals surface area (Å²) in [7, 11) is 0. The van der Waals surface area contributed by atoms with Gasteiger partial charge in [-0.3, -0.25) is 9.59 Å². The monoisotopic (exact) mass is 381 g/mol. The minimum Gasteiger partial charge on any atom is -0.354 e. The predicted molar refractivity (Wildman–Crippen MR) is 113 cm³/mol. The van der Waals surface area contributed by atoms with Crippen LogP contribution in [-0.2, 0) is 9.59 Å². The minimum absolute atomic E-state index is 0.0414. The largest absolute Gasteiger partial charge is 0.354 e. The van der Waals surface area contributed by atoms with Gasteiger partial charge in [0, 0.05) is 6.54 Å². The lowest BCUT2D eigenvalue weighted by atomic mass is 10.0. The van der Waals surface area contributed by atoms with Gasteiger partial charge >= 0.3 is 0 Å². The number of carbonyl (C=O) groups excluding carboxylic acids is 2. The van der Waals surface area contributed by atoms with Crippen LogP contribution in [0.4, 0.5) is 0 Å². The molecule has 5 heteroatoms. The molecule has 3 N–H and O–H groups in total. The number of carbonyl (C=O) groups is 2. The van der Waals surface area contributed by atoms with E-state index in [1.807, 2.05) is 13.8 Å². The van der Waals surface area contributed by atoms with Crippen LogP contribution in [0.1, 0.15) is 97.8 Å². The number of nitrogens with one attached hydrogen (secondary N) is 3. The maximum absolute atomic E-state index is 12.4. The van der Waals surface area contributed by atoms with Crippen LogP contribution in [0.15, 0.2) is 0 Å². The molecule has 1 aliphatic heterocycles. The average Bonchev–Trinajstić information content (AvgIpc) is 3.18. The third-order valence-corrected chi connectivity index (χ3v) is 5.45. The van der Waals surface area contributed by atoms with E-state index in [-0.39, 0.29) is 23.8 Å². The van der Waals surface area contributed by atoms with Gasteiger partial charge < -0.3 is 16.0 Å². The van der Waals surface area contributed by atoms with E-state index in [2.05, 4.69) is 22.9 Å². The lowest BCUT2D eigenvalue weighted by Crippen LogP contribution is -2.53. The first-order valence-corrected chi connectivity index (χ1v) is 11.4. The Bertz CT molecular complexity index is 406. The zero-order chi connectivity index (χ0) is 19.9. The molecular formula is C22H43N3O2. The highest BCUT2D eigenvalue weighted by Crippen LogP contribution is 2.11. The third kappa shape index (κ3) is 10.7. The molecule has 0 aliphatic carbocycles. The topological polar surface area (TPSA) is 70.2 Å². The van der Waals surface area contributed by atoms with E-state index < -0.39 is 6.04 Å². The number of amides is 2. The molecule has 1 saturated heterocycles. The van der Waals surface area contributed by atoms with E-state index in [9.17, 15) is 9.59 Å². The Hall–Kier alpha value is -1.10. The average molecular weight is 382 g/mol. The van der Waals surface area contributed by atoms with Gasteiger partial charge in [-0.05, 0) is 31.7 Å². The van der Waals surface area contributed by atoms with Gasteiger partial charge in [0.25, 0.3) is 0 Å². The molecule has 1 aliphatic rings. The molecule has 1 fully saturated rings. The Morgan fingerprint density at radius 3 is 2.07 bits per heavy atom. The van der Waals surface area contributed by atoms with Crippen molar-refractivity contribution in [1.29, 1.82) is 0 Å². The highest BCUT2D eigenvalue weighted by atomic mass is 16.2. The summed E-state index contributed by atoms with van der Waals surface area (Å²) in [6.07, 6.45) is 14.8. The SMILES string of the molecule is CCCCCCCCCCCCNC(=O)[C@@H](NC(=O)[C@@H]1CCCN1)C(C)C. The van der Waals surface area contributed by atoms with Gasteiger partial charge in [-0.15, -0.1) is 0 Å². The maximum atomic E-state index is 12.4. The fraction of sp³-hybridized carbons (Fsp3) is 0.909. The predicted octanol–water partition coefficient (Wildman–Crippen LogP) is 3.92. The van der Waals surface area contributed by atoms with Gasteiger partial charge in [-0.2, -0.15) is 0 Å². The summed E-state index contributed by atoms with van der Waals surface area (Å²) in [5.74, 6) is -0.00406. The normalized spacial score (nSPS) is 17.9. The molecule has 158 valence electrons. The molecule has 0 spiro atoms. The zero-order valence-corrected chi connectivity index (χ0v) is 17.9. The summed E-state index contributed by atoms with van der Waals surface area (Å²) in [6, 6.07) is -0.580. The summed E-state index contributed by atoms with van der Waals surface area (Å²) in [5, 5.41) is 9.13. The van der Waals surface area contributed by atoms with E-state index in [4.69, 9.17) is 0 Å². The van der Waals surface area contributed by atoms with Crippen molar-refractivity contribution in [3.05, 3.63) is 0 Å². The standard InChI is InChI=1S/C22H43N3O2/c1-4-5-6-7-8-9-10-11-12-13-16-24-22(27)20(18(2)3)25-21(26)19-15-14-17-23-19/h18-20,23H,4-17H2,1-3H3,(H,24,27)(H,25,26)/t19-,20-/m0/s1. The molecule has 0 bridgehead atoms. The fourth-order valence-corrected chi connectivity index (χ4v) is 3.63. The van der Waals surface area contributed by atoms with Crippen LogP contribution in [0.5, 0.6) is 0 Å². The molecule has 0 aromatic heterocycles. The summed E-state index contributed by atoms with van der Waals surface area (Å²) >= 11 is 0. The summed E-state index contributed by atoms with van der Waals surface area (Å²) in [4.78, 5) is 24.7. The molecule has 0 aromatic rings. The van der Waals surface area contributed by atoms with E-state index in [1.165, 1.54) is 57.8 Å². The van der Waals surface area contributed by atoms with Crippen LogP contribution in [0.2, 0.25) is 0 Å². The Balaban J connectivity index is 2.09. The molecule has 0 radical (unpaired) electrons. The van der Waals surface area contributed by atoms with Crippen molar-refractivity contribution < 1.29 is 9.59 Å². The number of hydrogen-bond acceptors (Lipinski definition) is 3.